The summed E-state index contributed by atoms with van der Waals surface area (Å²) in [7, 11) is 1.82. The SMILES string of the molecule is CN=C(NCCN1CCCCC1)NCc1csc(C(C)C)n1. The molecule has 0 unspecified atom stereocenters. The Balaban J connectivity index is 1.68. The zero-order chi connectivity index (χ0) is 15.8. The van der Waals surface area contributed by atoms with E-state index in [0.29, 0.717) is 5.92 Å². The lowest BCUT2D eigenvalue weighted by Gasteiger charge is -2.26. The van der Waals surface area contributed by atoms with Gasteiger partial charge in [0.25, 0.3) is 0 Å². The molecule has 0 radical (unpaired) electrons. The first kappa shape index (κ1) is 17.2. The van der Waals surface area contributed by atoms with Crippen molar-refractivity contribution in [1.29, 1.82) is 0 Å². The van der Waals surface area contributed by atoms with Gasteiger partial charge in [-0.2, -0.15) is 0 Å². The van der Waals surface area contributed by atoms with E-state index in [-0.39, 0.29) is 0 Å². The molecule has 1 fully saturated rings. The fraction of sp³-hybridized carbons (Fsp3) is 0.750. The molecule has 1 saturated heterocycles. The third kappa shape index (κ3) is 5.57. The van der Waals surface area contributed by atoms with Crippen molar-refractivity contribution >= 4 is 17.3 Å². The van der Waals surface area contributed by atoms with Gasteiger partial charge in [0.15, 0.2) is 5.96 Å². The van der Waals surface area contributed by atoms with Crippen molar-refractivity contribution in [2.75, 3.05) is 33.2 Å². The monoisotopic (exact) mass is 323 g/mol. The Kier molecular flexibility index (Phi) is 7.12. The van der Waals surface area contributed by atoms with Crippen molar-refractivity contribution in [3.05, 3.63) is 16.1 Å². The molecule has 2 rings (SSSR count). The molecule has 1 aromatic rings. The summed E-state index contributed by atoms with van der Waals surface area (Å²) in [4.78, 5) is 11.4. The number of guanidine groups is 1. The van der Waals surface area contributed by atoms with E-state index in [0.717, 1.165) is 31.3 Å². The number of nitrogens with one attached hydrogen (secondary N) is 2. The van der Waals surface area contributed by atoms with Crippen LogP contribution in [-0.2, 0) is 6.54 Å². The van der Waals surface area contributed by atoms with Crippen molar-refractivity contribution in [2.45, 2.75) is 45.6 Å². The summed E-state index contributed by atoms with van der Waals surface area (Å²) in [6.07, 6.45) is 4.07. The number of likely N-dealkylation sites (tertiary alicyclic amines) is 1. The second-order valence-corrected chi connectivity index (χ2v) is 6.98. The number of aliphatic imine (C=N–C) groups is 1. The Labute approximate surface area is 138 Å². The number of hydrogen-bond donors (Lipinski definition) is 2. The summed E-state index contributed by atoms with van der Waals surface area (Å²) in [6.45, 7) is 9.60. The Morgan fingerprint density at radius 2 is 2.09 bits per heavy atom. The van der Waals surface area contributed by atoms with Gasteiger partial charge < -0.3 is 15.5 Å². The molecule has 1 aliphatic rings. The molecule has 0 spiro atoms. The lowest BCUT2D eigenvalue weighted by Crippen LogP contribution is -2.42. The summed E-state index contributed by atoms with van der Waals surface area (Å²) in [6, 6.07) is 0. The van der Waals surface area contributed by atoms with Gasteiger partial charge in [0.1, 0.15) is 0 Å². The lowest BCUT2D eigenvalue weighted by atomic mass is 10.1. The third-order valence-corrected chi connectivity index (χ3v) is 5.09. The van der Waals surface area contributed by atoms with E-state index in [1.54, 1.807) is 11.3 Å². The summed E-state index contributed by atoms with van der Waals surface area (Å²) in [5, 5.41) is 10.1. The molecule has 2 N–H and O–H groups in total. The molecule has 0 saturated carbocycles. The van der Waals surface area contributed by atoms with Crippen LogP contribution in [0.1, 0.15) is 49.7 Å². The molecule has 0 atom stereocenters. The Hall–Kier alpha value is -1.14. The van der Waals surface area contributed by atoms with E-state index < -0.39 is 0 Å². The second-order valence-electron chi connectivity index (χ2n) is 6.09. The molecule has 5 nitrogen and oxygen atoms in total. The number of aromatic nitrogens is 1. The average Bonchev–Trinajstić information content (AvgIpc) is 3.01. The van der Waals surface area contributed by atoms with E-state index in [1.165, 1.54) is 37.4 Å². The van der Waals surface area contributed by atoms with Gasteiger partial charge in [-0.15, -0.1) is 11.3 Å². The maximum absolute atomic E-state index is 4.63. The molecule has 6 heteroatoms. The van der Waals surface area contributed by atoms with Gasteiger partial charge in [0, 0.05) is 31.4 Å². The third-order valence-electron chi connectivity index (χ3n) is 3.89. The van der Waals surface area contributed by atoms with Crippen LogP contribution >= 0.6 is 11.3 Å². The van der Waals surface area contributed by atoms with Gasteiger partial charge >= 0.3 is 0 Å². The van der Waals surface area contributed by atoms with Gasteiger partial charge in [-0.3, -0.25) is 4.99 Å². The quantitative estimate of drug-likeness (QED) is 0.623. The van der Waals surface area contributed by atoms with Crippen LogP contribution < -0.4 is 10.6 Å². The number of nitrogens with zero attached hydrogens (tertiary/aromatic N) is 3. The van der Waals surface area contributed by atoms with Crippen molar-refractivity contribution in [1.82, 2.24) is 20.5 Å². The Morgan fingerprint density at radius 3 is 2.73 bits per heavy atom. The first-order valence-corrected chi connectivity index (χ1v) is 9.18. The highest BCUT2D eigenvalue weighted by Gasteiger charge is 2.10. The molecule has 0 bridgehead atoms. The van der Waals surface area contributed by atoms with Gasteiger partial charge in [0.05, 0.1) is 17.2 Å². The molecular weight excluding hydrogens is 294 g/mol. The maximum Gasteiger partial charge on any atom is 0.191 e. The minimum Gasteiger partial charge on any atom is -0.355 e. The number of rotatable bonds is 6. The van der Waals surface area contributed by atoms with E-state index in [2.05, 4.69) is 44.7 Å². The molecule has 1 aliphatic heterocycles. The summed E-state index contributed by atoms with van der Waals surface area (Å²) in [5.41, 5.74) is 1.09. The number of thiazole rings is 1. The molecule has 0 aliphatic carbocycles. The van der Waals surface area contributed by atoms with Gasteiger partial charge in [0.2, 0.25) is 0 Å². The summed E-state index contributed by atoms with van der Waals surface area (Å²) < 4.78 is 0. The van der Waals surface area contributed by atoms with Crippen LogP contribution in [0, 0.1) is 0 Å². The van der Waals surface area contributed by atoms with Crippen LogP contribution in [0.25, 0.3) is 0 Å². The molecule has 0 aromatic carbocycles. The van der Waals surface area contributed by atoms with Crippen molar-refractivity contribution in [3.63, 3.8) is 0 Å². The van der Waals surface area contributed by atoms with Gasteiger partial charge in [-0.25, -0.2) is 4.98 Å². The van der Waals surface area contributed by atoms with E-state index in [1.807, 2.05) is 7.05 Å². The van der Waals surface area contributed by atoms with Crippen molar-refractivity contribution < 1.29 is 0 Å². The second kappa shape index (κ2) is 9.10. The standard InChI is InChI=1S/C16H29N5S/c1-13(2)15-20-14(12-22-15)11-19-16(17-3)18-7-10-21-8-5-4-6-9-21/h12-13H,4-11H2,1-3H3,(H2,17,18,19). The highest BCUT2D eigenvalue weighted by atomic mass is 32.1. The molecule has 1 aromatic heterocycles. The Bertz CT molecular complexity index is 463. The fourth-order valence-electron chi connectivity index (χ4n) is 2.58. The molecule has 22 heavy (non-hydrogen) atoms. The van der Waals surface area contributed by atoms with E-state index in [9.17, 15) is 0 Å². The van der Waals surface area contributed by atoms with Crippen molar-refractivity contribution in [3.8, 4) is 0 Å². The first-order chi connectivity index (χ1) is 10.7. The molecular formula is C16H29N5S. The van der Waals surface area contributed by atoms with Gasteiger partial charge in [-0.05, 0) is 25.9 Å². The molecule has 0 amide bonds. The van der Waals surface area contributed by atoms with Crippen LogP contribution in [0.4, 0.5) is 0 Å². The molecule has 124 valence electrons. The van der Waals surface area contributed by atoms with Crippen LogP contribution in [0.15, 0.2) is 10.4 Å². The zero-order valence-electron chi connectivity index (χ0n) is 14.1. The van der Waals surface area contributed by atoms with E-state index >= 15 is 0 Å². The number of hydrogen-bond acceptors (Lipinski definition) is 4. The smallest absolute Gasteiger partial charge is 0.191 e. The number of piperidine rings is 1. The highest BCUT2D eigenvalue weighted by molar-refractivity contribution is 7.09. The van der Waals surface area contributed by atoms with Crippen LogP contribution in [0.2, 0.25) is 0 Å². The van der Waals surface area contributed by atoms with Crippen LogP contribution in [0.3, 0.4) is 0 Å². The summed E-state index contributed by atoms with van der Waals surface area (Å²) >= 11 is 1.74. The van der Waals surface area contributed by atoms with Crippen LogP contribution in [-0.4, -0.2) is 49.1 Å². The van der Waals surface area contributed by atoms with Crippen LogP contribution in [0.5, 0.6) is 0 Å². The normalized spacial score (nSPS) is 17.0. The maximum atomic E-state index is 4.63. The average molecular weight is 324 g/mol. The van der Waals surface area contributed by atoms with Gasteiger partial charge in [-0.1, -0.05) is 20.3 Å². The lowest BCUT2D eigenvalue weighted by molar-refractivity contribution is 0.232. The minimum absolute atomic E-state index is 0.501. The first-order valence-electron chi connectivity index (χ1n) is 8.30. The summed E-state index contributed by atoms with van der Waals surface area (Å²) in [5.74, 6) is 1.36. The fourth-order valence-corrected chi connectivity index (χ4v) is 3.41. The zero-order valence-corrected chi connectivity index (χ0v) is 14.9. The van der Waals surface area contributed by atoms with Crippen molar-refractivity contribution in [2.24, 2.45) is 4.99 Å². The predicted octanol–water partition coefficient (Wildman–Crippen LogP) is 2.42. The predicted molar refractivity (Wildman–Crippen MR) is 94.7 cm³/mol. The minimum atomic E-state index is 0.501. The Morgan fingerprint density at radius 1 is 1.32 bits per heavy atom. The topological polar surface area (TPSA) is 52.6 Å². The highest BCUT2D eigenvalue weighted by Crippen LogP contribution is 2.18. The van der Waals surface area contributed by atoms with E-state index in [4.69, 9.17) is 0 Å². The largest absolute Gasteiger partial charge is 0.355 e. The molecule has 2 heterocycles.